The fourth-order valence-corrected chi connectivity index (χ4v) is 1.53. The summed E-state index contributed by atoms with van der Waals surface area (Å²) < 4.78 is 4.93. The standard InChI is InChI=1S/C12H17N3O3/c1-3-11(13)10-8-9(15(16)17)4-5-12(10)14-6-7-18-2/h4-5,8,13-14H,3,6-7H2,1-2H3. The molecule has 0 aliphatic carbocycles. The van der Waals surface area contributed by atoms with E-state index in [-0.39, 0.29) is 5.69 Å². The van der Waals surface area contributed by atoms with Gasteiger partial charge in [-0.05, 0) is 12.5 Å². The SMILES string of the molecule is CCC(=N)c1cc([N+](=O)[O-])ccc1NCCOC. The average molecular weight is 251 g/mol. The van der Waals surface area contributed by atoms with Crippen molar-refractivity contribution < 1.29 is 9.66 Å². The third-order valence-electron chi connectivity index (χ3n) is 2.51. The lowest BCUT2D eigenvalue weighted by Gasteiger charge is -2.11. The molecule has 0 spiro atoms. The van der Waals surface area contributed by atoms with Crippen LogP contribution in [0.15, 0.2) is 18.2 Å². The van der Waals surface area contributed by atoms with Gasteiger partial charge in [0.15, 0.2) is 0 Å². The summed E-state index contributed by atoms with van der Waals surface area (Å²) in [5.41, 5.74) is 1.67. The zero-order valence-electron chi connectivity index (χ0n) is 10.5. The molecule has 6 heteroatoms. The van der Waals surface area contributed by atoms with E-state index in [9.17, 15) is 10.1 Å². The van der Waals surface area contributed by atoms with Crippen LogP contribution in [0.25, 0.3) is 0 Å². The predicted octanol–water partition coefficient (Wildman–Crippen LogP) is 2.43. The molecule has 0 aromatic heterocycles. The maximum Gasteiger partial charge on any atom is 0.270 e. The summed E-state index contributed by atoms with van der Waals surface area (Å²) >= 11 is 0. The lowest BCUT2D eigenvalue weighted by molar-refractivity contribution is -0.384. The molecular weight excluding hydrogens is 234 g/mol. The number of nitrogens with one attached hydrogen (secondary N) is 2. The van der Waals surface area contributed by atoms with Crippen LogP contribution >= 0.6 is 0 Å². The van der Waals surface area contributed by atoms with E-state index in [0.717, 1.165) is 5.69 Å². The first kappa shape index (κ1) is 14.1. The zero-order chi connectivity index (χ0) is 13.5. The minimum Gasteiger partial charge on any atom is -0.383 e. The summed E-state index contributed by atoms with van der Waals surface area (Å²) in [4.78, 5) is 10.3. The summed E-state index contributed by atoms with van der Waals surface area (Å²) in [6.07, 6.45) is 0.528. The Bertz CT molecular complexity index is 446. The minimum absolute atomic E-state index is 0.000455. The second kappa shape index (κ2) is 6.70. The number of rotatable bonds is 7. The van der Waals surface area contributed by atoms with Gasteiger partial charge in [0.2, 0.25) is 0 Å². The Labute approximate surface area is 106 Å². The Kier molecular flexibility index (Phi) is 5.26. The summed E-state index contributed by atoms with van der Waals surface area (Å²) in [6, 6.07) is 4.50. The number of nitro benzene ring substituents is 1. The molecule has 0 aliphatic heterocycles. The predicted molar refractivity (Wildman–Crippen MR) is 70.6 cm³/mol. The molecule has 6 nitrogen and oxygen atoms in total. The number of nitro groups is 1. The molecule has 1 rings (SSSR count). The maximum absolute atomic E-state index is 10.7. The monoisotopic (exact) mass is 251 g/mol. The maximum atomic E-state index is 10.7. The highest BCUT2D eigenvalue weighted by Gasteiger charge is 2.13. The molecule has 1 aromatic rings. The zero-order valence-corrected chi connectivity index (χ0v) is 10.5. The van der Waals surface area contributed by atoms with Gasteiger partial charge in [0.1, 0.15) is 0 Å². The number of anilines is 1. The minimum atomic E-state index is -0.453. The van der Waals surface area contributed by atoms with Crippen LogP contribution in [0.4, 0.5) is 11.4 Å². The topological polar surface area (TPSA) is 88.2 Å². The van der Waals surface area contributed by atoms with E-state index in [2.05, 4.69) is 5.32 Å². The Hall–Kier alpha value is -1.95. The largest absolute Gasteiger partial charge is 0.383 e. The third-order valence-corrected chi connectivity index (χ3v) is 2.51. The van der Waals surface area contributed by atoms with Crippen LogP contribution in [0, 0.1) is 15.5 Å². The van der Waals surface area contributed by atoms with Crippen molar-refractivity contribution in [2.45, 2.75) is 13.3 Å². The van der Waals surface area contributed by atoms with Crippen molar-refractivity contribution in [2.75, 3.05) is 25.6 Å². The highest BCUT2D eigenvalue weighted by molar-refractivity contribution is 6.03. The smallest absolute Gasteiger partial charge is 0.270 e. The molecule has 0 radical (unpaired) electrons. The highest BCUT2D eigenvalue weighted by atomic mass is 16.6. The summed E-state index contributed by atoms with van der Waals surface area (Å²) in [7, 11) is 1.60. The first-order valence-corrected chi connectivity index (χ1v) is 5.69. The van der Waals surface area contributed by atoms with Crippen LogP contribution in [-0.2, 0) is 4.74 Å². The van der Waals surface area contributed by atoms with Crippen molar-refractivity contribution in [2.24, 2.45) is 0 Å². The number of nitrogens with zero attached hydrogens (tertiary/aromatic N) is 1. The number of hydrogen-bond acceptors (Lipinski definition) is 5. The normalized spacial score (nSPS) is 10.1. The van der Waals surface area contributed by atoms with Crippen molar-refractivity contribution >= 4 is 17.1 Å². The van der Waals surface area contributed by atoms with Crippen molar-refractivity contribution in [3.05, 3.63) is 33.9 Å². The van der Waals surface area contributed by atoms with Gasteiger partial charge in [-0.2, -0.15) is 0 Å². The molecule has 0 atom stereocenters. The molecule has 0 amide bonds. The van der Waals surface area contributed by atoms with Crippen molar-refractivity contribution in [1.82, 2.24) is 0 Å². The van der Waals surface area contributed by atoms with Gasteiger partial charge in [0, 0.05) is 42.7 Å². The highest BCUT2D eigenvalue weighted by Crippen LogP contribution is 2.23. The molecule has 0 saturated carbocycles. The third kappa shape index (κ3) is 3.53. The van der Waals surface area contributed by atoms with Gasteiger partial charge in [-0.3, -0.25) is 10.1 Å². The molecule has 0 unspecified atom stereocenters. The fraction of sp³-hybridized carbons (Fsp3) is 0.417. The molecule has 1 aromatic carbocycles. The van der Waals surface area contributed by atoms with E-state index in [0.29, 0.717) is 30.8 Å². The van der Waals surface area contributed by atoms with E-state index in [1.807, 2.05) is 6.92 Å². The second-order valence-corrected chi connectivity index (χ2v) is 3.74. The van der Waals surface area contributed by atoms with Gasteiger partial charge in [-0.25, -0.2) is 0 Å². The molecule has 0 bridgehead atoms. The first-order valence-electron chi connectivity index (χ1n) is 5.69. The van der Waals surface area contributed by atoms with Gasteiger partial charge < -0.3 is 15.5 Å². The number of hydrogen-bond donors (Lipinski definition) is 2. The molecule has 0 saturated heterocycles. The van der Waals surface area contributed by atoms with E-state index in [1.54, 1.807) is 13.2 Å². The Morgan fingerprint density at radius 2 is 2.28 bits per heavy atom. The van der Waals surface area contributed by atoms with Gasteiger partial charge in [-0.15, -0.1) is 0 Å². The molecule has 0 aliphatic rings. The molecule has 18 heavy (non-hydrogen) atoms. The van der Waals surface area contributed by atoms with Crippen LogP contribution in [0.2, 0.25) is 0 Å². The van der Waals surface area contributed by atoms with E-state index in [4.69, 9.17) is 10.1 Å². The van der Waals surface area contributed by atoms with Gasteiger partial charge in [0.05, 0.1) is 11.5 Å². The fourth-order valence-electron chi connectivity index (χ4n) is 1.53. The quantitative estimate of drug-likeness (QED) is 0.337. The van der Waals surface area contributed by atoms with E-state index in [1.165, 1.54) is 12.1 Å². The number of methoxy groups -OCH3 is 1. The lowest BCUT2D eigenvalue weighted by Crippen LogP contribution is -2.11. The summed E-state index contributed by atoms with van der Waals surface area (Å²) in [5, 5.41) is 21.7. The van der Waals surface area contributed by atoms with E-state index >= 15 is 0 Å². The molecule has 0 heterocycles. The molecule has 98 valence electrons. The van der Waals surface area contributed by atoms with Crippen LogP contribution < -0.4 is 5.32 Å². The van der Waals surface area contributed by atoms with Crippen LogP contribution in [0.1, 0.15) is 18.9 Å². The summed E-state index contributed by atoms with van der Waals surface area (Å²) in [6.45, 7) is 2.98. The lowest BCUT2D eigenvalue weighted by atomic mass is 10.0. The number of benzene rings is 1. The Morgan fingerprint density at radius 3 is 2.83 bits per heavy atom. The van der Waals surface area contributed by atoms with E-state index < -0.39 is 4.92 Å². The van der Waals surface area contributed by atoms with Crippen LogP contribution in [-0.4, -0.2) is 30.9 Å². The van der Waals surface area contributed by atoms with Gasteiger partial charge in [0.25, 0.3) is 5.69 Å². The number of non-ortho nitro benzene ring substituents is 1. The van der Waals surface area contributed by atoms with Crippen molar-refractivity contribution in [3.8, 4) is 0 Å². The number of ether oxygens (including phenoxy) is 1. The van der Waals surface area contributed by atoms with Crippen LogP contribution in [0.5, 0.6) is 0 Å². The van der Waals surface area contributed by atoms with Gasteiger partial charge >= 0.3 is 0 Å². The second-order valence-electron chi connectivity index (χ2n) is 3.74. The Morgan fingerprint density at radius 1 is 1.56 bits per heavy atom. The molecule has 0 fully saturated rings. The summed E-state index contributed by atoms with van der Waals surface area (Å²) in [5.74, 6) is 0. The molecule has 2 N–H and O–H groups in total. The van der Waals surface area contributed by atoms with Crippen LogP contribution in [0.3, 0.4) is 0 Å². The molecular formula is C12H17N3O3. The first-order chi connectivity index (χ1) is 8.60. The average Bonchev–Trinajstić information content (AvgIpc) is 2.38. The van der Waals surface area contributed by atoms with Crippen molar-refractivity contribution in [3.63, 3.8) is 0 Å². The van der Waals surface area contributed by atoms with Gasteiger partial charge in [-0.1, -0.05) is 6.92 Å². The Balaban J connectivity index is 3.01. The van der Waals surface area contributed by atoms with Crippen molar-refractivity contribution in [1.29, 1.82) is 5.41 Å².